The summed E-state index contributed by atoms with van der Waals surface area (Å²) in [5.41, 5.74) is 0.889. The average Bonchev–Trinajstić information content (AvgIpc) is 3.09. The Morgan fingerprint density at radius 1 is 1.00 bits per heavy atom. The Morgan fingerprint density at radius 3 is 2.47 bits per heavy atom. The molecular formula is C26H47O5P. The Bertz CT molecular complexity index is 700. The van der Waals surface area contributed by atoms with Crippen molar-refractivity contribution in [1.82, 2.24) is 0 Å². The molecule has 0 aliphatic heterocycles. The van der Waals surface area contributed by atoms with E-state index < -0.39 is 7.82 Å². The number of aliphatic hydroxyl groups is 1. The first-order chi connectivity index (χ1) is 15.1. The number of hydrogen-bond donors (Lipinski definition) is 2. The Kier molecular flexibility index (Phi) is 7.56. The first kappa shape index (κ1) is 25.2. The van der Waals surface area contributed by atoms with Crippen molar-refractivity contribution in [2.45, 2.75) is 104 Å². The second-order valence-electron chi connectivity index (χ2n) is 12.2. The third-order valence-corrected chi connectivity index (χ3v) is 11.8. The van der Waals surface area contributed by atoms with Gasteiger partial charge in [-0.25, -0.2) is 4.57 Å². The molecule has 0 heterocycles. The summed E-state index contributed by atoms with van der Waals surface area (Å²) in [7, 11) is -3.87. The van der Waals surface area contributed by atoms with Crippen LogP contribution in [0.4, 0.5) is 0 Å². The summed E-state index contributed by atoms with van der Waals surface area (Å²) in [6.07, 6.45) is 13.2. The molecule has 0 saturated heterocycles. The number of fused-ring (bicyclic) bond motifs is 5. The summed E-state index contributed by atoms with van der Waals surface area (Å²) in [5.74, 6) is 4.67. The van der Waals surface area contributed by atoms with E-state index in [-0.39, 0.29) is 12.7 Å². The van der Waals surface area contributed by atoms with Crippen LogP contribution >= 0.6 is 7.82 Å². The standard InChI is InChI=1S/C26H47O5P/c1-5-30-32(28,29)31-16-6-7-18(2)22-10-11-23-21-9-8-19-17-20(27)12-14-25(19,3)24(21)13-15-26(22,23)4/h18-24,27H,5-17H2,1-4H3,(H,28,29)/t18?,19?,20-,21?,22-,23+,24+,25+,26-/m1/s1. The van der Waals surface area contributed by atoms with E-state index in [0.29, 0.717) is 23.4 Å². The molecule has 2 N–H and O–H groups in total. The molecule has 0 aromatic rings. The summed E-state index contributed by atoms with van der Waals surface area (Å²) >= 11 is 0. The van der Waals surface area contributed by atoms with Gasteiger partial charge in [0.05, 0.1) is 19.3 Å². The smallest absolute Gasteiger partial charge is 0.393 e. The zero-order chi connectivity index (χ0) is 23.1. The minimum absolute atomic E-state index is 0.0625. The van der Waals surface area contributed by atoms with Gasteiger partial charge in [0.2, 0.25) is 0 Å². The molecule has 0 bridgehead atoms. The molecule has 0 radical (unpaired) electrons. The molecule has 4 aliphatic carbocycles. The number of rotatable bonds is 8. The highest BCUT2D eigenvalue weighted by atomic mass is 31.2. The molecule has 5 nitrogen and oxygen atoms in total. The van der Waals surface area contributed by atoms with Gasteiger partial charge in [0, 0.05) is 0 Å². The third-order valence-electron chi connectivity index (χ3n) is 10.7. The zero-order valence-corrected chi connectivity index (χ0v) is 21.7. The highest BCUT2D eigenvalue weighted by Gasteiger charge is 2.60. The topological polar surface area (TPSA) is 76.0 Å². The summed E-state index contributed by atoms with van der Waals surface area (Å²) < 4.78 is 21.7. The summed E-state index contributed by atoms with van der Waals surface area (Å²) in [4.78, 5) is 9.61. The minimum atomic E-state index is -3.87. The van der Waals surface area contributed by atoms with Crippen LogP contribution in [0, 0.1) is 46.3 Å². The van der Waals surface area contributed by atoms with E-state index in [1.807, 2.05) is 0 Å². The van der Waals surface area contributed by atoms with Crippen molar-refractivity contribution >= 4 is 7.82 Å². The van der Waals surface area contributed by atoms with Crippen LogP contribution in [-0.2, 0) is 13.6 Å². The third kappa shape index (κ3) is 4.63. The van der Waals surface area contributed by atoms with Crippen molar-refractivity contribution in [2.24, 2.45) is 46.3 Å². The molecule has 0 amide bonds. The molecular weight excluding hydrogens is 423 g/mol. The van der Waals surface area contributed by atoms with Crippen LogP contribution in [0.3, 0.4) is 0 Å². The molecule has 4 unspecified atom stereocenters. The molecule has 10 atom stereocenters. The monoisotopic (exact) mass is 470 g/mol. The van der Waals surface area contributed by atoms with E-state index in [4.69, 9.17) is 9.05 Å². The van der Waals surface area contributed by atoms with Crippen molar-refractivity contribution in [3.63, 3.8) is 0 Å². The average molecular weight is 471 g/mol. The van der Waals surface area contributed by atoms with Gasteiger partial charge in [0.25, 0.3) is 0 Å². The first-order valence-electron chi connectivity index (χ1n) is 13.4. The number of aliphatic hydroxyl groups excluding tert-OH is 1. The molecule has 186 valence electrons. The lowest BCUT2D eigenvalue weighted by atomic mass is 9.44. The SMILES string of the molecule is CCOP(=O)(O)OCCCC(C)[C@H]1CC[C@H]2C3CCC4C[C@H](O)CC[C@]4(C)[C@H]3CC[C@]12C. The number of phosphoric acid groups is 1. The van der Waals surface area contributed by atoms with Crippen molar-refractivity contribution in [3.05, 3.63) is 0 Å². The van der Waals surface area contributed by atoms with Gasteiger partial charge in [0.1, 0.15) is 0 Å². The highest BCUT2D eigenvalue weighted by Crippen LogP contribution is 2.68. The van der Waals surface area contributed by atoms with Gasteiger partial charge < -0.3 is 10.00 Å². The second-order valence-corrected chi connectivity index (χ2v) is 13.6. The lowest BCUT2D eigenvalue weighted by Gasteiger charge is -2.61. The zero-order valence-electron chi connectivity index (χ0n) is 20.8. The van der Waals surface area contributed by atoms with Crippen LogP contribution in [0.15, 0.2) is 0 Å². The van der Waals surface area contributed by atoms with Crippen molar-refractivity contribution < 1.29 is 23.6 Å². The fraction of sp³-hybridized carbons (Fsp3) is 1.00. The molecule has 4 saturated carbocycles. The van der Waals surface area contributed by atoms with Crippen molar-refractivity contribution in [3.8, 4) is 0 Å². The summed E-state index contributed by atoms with van der Waals surface area (Å²) in [5, 5.41) is 10.3. The fourth-order valence-electron chi connectivity index (χ4n) is 9.20. The molecule has 0 spiro atoms. The Morgan fingerprint density at radius 2 is 1.72 bits per heavy atom. The largest absolute Gasteiger partial charge is 0.472 e. The van der Waals surface area contributed by atoms with E-state index in [1.165, 1.54) is 44.9 Å². The predicted octanol–water partition coefficient (Wildman–Crippen LogP) is 6.58. The van der Waals surface area contributed by atoms with Gasteiger partial charge in [-0.2, -0.15) is 0 Å². The highest BCUT2D eigenvalue weighted by molar-refractivity contribution is 7.47. The quantitative estimate of drug-likeness (QED) is 0.310. The van der Waals surface area contributed by atoms with Crippen LogP contribution in [0.5, 0.6) is 0 Å². The number of hydrogen-bond acceptors (Lipinski definition) is 4. The van der Waals surface area contributed by atoms with Gasteiger partial charge >= 0.3 is 7.82 Å². The van der Waals surface area contributed by atoms with E-state index in [0.717, 1.165) is 55.3 Å². The maximum atomic E-state index is 11.7. The van der Waals surface area contributed by atoms with Gasteiger partial charge in [0.15, 0.2) is 0 Å². The normalized spacial score (nSPS) is 46.6. The minimum Gasteiger partial charge on any atom is -0.393 e. The molecule has 4 rings (SSSR count). The van der Waals surface area contributed by atoms with Gasteiger partial charge in [-0.1, -0.05) is 20.8 Å². The molecule has 0 aromatic heterocycles. The predicted molar refractivity (Wildman–Crippen MR) is 127 cm³/mol. The Labute approximate surface area is 195 Å². The van der Waals surface area contributed by atoms with E-state index in [1.54, 1.807) is 6.92 Å². The van der Waals surface area contributed by atoms with Gasteiger partial charge in [-0.15, -0.1) is 0 Å². The van der Waals surface area contributed by atoms with Gasteiger partial charge in [-0.3, -0.25) is 9.05 Å². The molecule has 32 heavy (non-hydrogen) atoms. The maximum Gasteiger partial charge on any atom is 0.472 e. The lowest BCUT2D eigenvalue weighted by Crippen LogP contribution is -2.54. The second kappa shape index (κ2) is 9.61. The van der Waals surface area contributed by atoms with Crippen molar-refractivity contribution in [1.29, 1.82) is 0 Å². The molecule has 4 aliphatic rings. The summed E-state index contributed by atoms with van der Waals surface area (Å²) in [6, 6.07) is 0. The first-order valence-corrected chi connectivity index (χ1v) is 14.9. The van der Waals surface area contributed by atoms with Crippen LogP contribution in [0.1, 0.15) is 98.3 Å². The van der Waals surface area contributed by atoms with E-state index >= 15 is 0 Å². The number of phosphoric ester groups is 1. The Balaban J connectivity index is 1.36. The van der Waals surface area contributed by atoms with Crippen LogP contribution in [0.2, 0.25) is 0 Å². The van der Waals surface area contributed by atoms with E-state index in [9.17, 15) is 14.6 Å². The summed E-state index contributed by atoms with van der Waals surface area (Å²) in [6.45, 7) is 9.74. The maximum absolute atomic E-state index is 11.7. The van der Waals surface area contributed by atoms with Gasteiger partial charge in [-0.05, 0) is 124 Å². The van der Waals surface area contributed by atoms with Crippen LogP contribution in [0.25, 0.3) is 0 Å². The van der Waals surface area contributed by atoms with Crippen LogP contribution < -0.4 is 0 Å². The van der Waals surface area contributed by atoms with Crippen molar-refractivity contribution in [2.75, 3.05) is 13.2 Å². The Hall–Kier alpha value is 0.0700. The fourth-order valence-corrected chi connectivity index (χ4v) is 9.96. The molecule has 6 heteroatoms. The lowest BCUT2D eigenvalue weighted by molar-refractivity contribution is -0.129. The molecule has 0 aromatic carbocycles. The molecule has 4 fully saturated rings. The van der Waals surface area contributed by atoms with E-state index in [2.05, 4.69) is 20.8 Å². The van der Waals surface area contributed by atoms with Crippen LogP contribution in [-0.4, -0.2) is 29.3 Å².